The van der Waals surface area contributed by atoms with Gasteiger partial charge >= 0.3 is 0 Å². The first-order valence-corrected chi connectivity index (χ1v) is 10.9. The number of hydrogen-bond donors (Lipinski definition) is 1. The third kappa shape index (κ3) is 4.32. The first-order chi connectivity index (χ1) is 12.7. The van der Waals surface area contributed by atoms with Crippen molar-refractivity contribution in [2.45, 2.75) is 64.7 Å². The molecule has 1 aliphatic carbocycles. The molecule has 2 rings (SSSR count). The van der Waals surface area contributed by atoms with Gasteiger partial charge in [-0.3, -0.25) is 9.00 Å². The fraction of sp³-hybridized carbons (Fsp3) is 0.524. The maximum absolute atomic E-state index is 12.8. The first-order valence-electron chi connectivity index (χ1n) is 9.31. The normalized spacial score (nSPS) is 19.4. The molecule has 1 aliphatic rings. The van der Waals surface area contributed by atoms with Crippen LogP contribution in [0.3, 0.4) is 0 Å². The zero-order chi connectivity index (χ0) is 20.3. The van der Waals surface area contributed by atoms with Gasteiger partial charge in [-0.2, -0.15) is 0 Å². The number of carbonyl (C=O) groups is 1. The number of hydrogen-bond acceptors (Lipinski definition) is 5. The number of benzene rings is 1. The van der Waals surface area contributed by atoms with Gasteiger partial charge in [0.1, 0.15) is 12.4 Å². The molecular formula is C21H29NO4S. The number of allylic oxidation sites excluding steroid dienone is 2. The molecule has 1 N–H and O–H groups in total. The lowest BCUT2D eigenvalue weighted by molar-refractivity contribution is -0.116. The van der Waals surface area contributed by atoms with Gasteiger partial charge in [0.15, 0.2) is 5.78 Å². The highest BCUT2D eigenvalue weighted by Gasteiger charge is 2.33. The zero-order valence-electron chi connectivity index (χ0n) is 17.0. The van der Waals surface area contributed by atoms with Crippen LogP contribution >= 0.6 is 0 Å². The highest BCUT2D eigenvalue weighted by atomic mass is 32.2. The molecule has 1 aromatic rings. The van der Waals surface area contributed by atoms with E-state index in [1.165, 1.54) is 0 Å². The van der Waals surface area contributed by atoms with Crippen molar-refractivity contribution in [3.8, 4) is 0 Å². The Hall–Kier alpha value is -1.95. The van der Waals surface area contributed by atoms with Crippen molar-refractivity contribution in [1.29, 1.82) is 0 Å². The highest BCUT2D eigenvalue weighted by Crippen LogP contribution is 2.39. The fourth-order valence-corrected chi connectivity index (χ4v) is 5.16. The molecule has 0 spiro atoms. The standard InChI is InChI=1S/C21H29NO4S/c1-7-16(22-26-8-2)20-17(23)10-15(11-18(20)24)19-12(3)9-13(4)21(14(19)5)27(6)25/h9,15,23H,7-8,10-11H2,1-6H3. The van der Waals surface area contributed by atoms with Crippen LogP contribution in [0, 0.1) is 20.8 Å². The van der Waals surface area contributed by atoms with Crippen LogP contribution in [0.15, 0.2) is 27.4 Å². The van der Waals surface area contributed by atoms with E-state index in [1.807, 2.05) is 40.7 Å². The summed E-state index contributed by atoms with van der Waals surface area (Å²) in [5, 5.41) is 14.7. The Morgan fingerprint density at radius 1 is 1.26 bits per heavy atom. The molecule has 0 aromatic heterocycles. The lowest BCUT2D eigenvalue weighted by Gasteiger charge is -2.28. The van der Waals surface area contributed by atoms with E-state index in [4.69, 9.17) is 4.84 Å². The molecule has 27 heavy (non-hydrogen) atoms. The van der Waals surface area contributed by atoms with Crippen molar-refractivity contribution >= 4 is 22.3 Å². The van der Waals surface area contributed by atoms with Crippen molar-refractivity contribution in [3.63, 3.8) is 0 Å². The van der Waals surface area contributed by atoms with Crippen LogP contribution in [0.25, 0.3) is 0 Å². The van der Waals surface area contributed by atoms with Crippen LogP contribution in [0.5, 0.6) is 0 Å². The third-order valence-electron chi connectivity index (χ3n) is 5.02. The molecule has 2 unspecified atom stereocenters. The van der Waals surface area contributed by atoms with E-state index in [2.05, 4.69) is 5.16 Å². The second kappa shape index (κ2) is 8.83. The van der Waals surface area contributed by atoms with Gasteiger partial charge in [0.2, 0.25) is 0 Å². The summed E-state index contributed by atoms with van der Waals surface area (Å²) in [7, 11) is -1.11. The molecule has 0 fully saturated rings. The molecule has 2 atom stereocenters. The number of oxime groups is 1. The summed E-state index contributed by atoms with van der Waals surface area (Å²) in [5.74, 6) is -0.188. The van der Waals surface area contributed by atoms with Crippen LogP contribution < -0.4 is 0 Å². The monoisotopic (exact) mass is 391 g/mol. The van der Waals surface area contributed by atoms with Gasteiger partial charge in [0.05, 0.1) is 22.1 Å². The van der Waals surface area contributed by atoms with Crippen molar-refractivity contribution in [1.82, 2.24) is 0 Å². The topological polar surface area (TPSA) is 76.0 Å². The molecule has 5 nitrogen and oxygen atoms in total. The summed E-state index contributed by atoms with van der Waals surface area (Å²) < 4.78 is 12.2. The lowest BCUT2D eigenvalue weighted by Crippen LogP contribution is -2.25. The maximum atomic E-state index is 12.8. The number of carbonyl (C=O) groups excluding carboxylic acids is 1. The average Bonchev–Trinajstić information content (AvgIpc) is 2.56. The SMILES string of the molecule is CCON=C(CC)C1=C(O)CC(c2c(C)cc(C)c(S(C)=O)c2C)CC1=O. The highest BCUT2D eigenvalue weighted by molar-refractivity contribution is 7.84. The van der Waals surface area contributed by atoms with Gasteiger partial charge in [0, 0.05) is 24.0 Å². The Morgan fingerprint density at radius 2 is 1.93 bits per heavy atom. The summed E-state index contributed by atoms with van der Waals surface area (Å²) in [5.41, 5.74) is 4.82. The number of rotatable bonds is 6. The van der Waals surface area contributed by atoms with Gasteiger partial charge in [-0.25, -0.2) is 0 Å². The summed E-state index contributed by atoms with van der Waals surface area (Å²) in [4.78, 5) is 18.8. The van der Waals surface area contributed by atoms with Crippen LogP contribution in [0.1, 0.15) is 61.3 Å². The fourth-order valence-electron chi connectivity index (χ4n) is 4.11. The molecule has 0 radical (unpaired) electrons. The Morgan fingerprint density at radius 3 is 2.44 bits per heavy atom. The number of Topliss-reactive ketones (excluding diaryl/α,β-unsaturated/α-hetero) is 1. The quantitative estimate of drug-likeness (QED) is 0.576. The molecule has 148 valence electrons. The van der Waals surface area contributed by atoms with Crippen molar-refractivity contribution < 1.29 is 18.9 Å². The third-order valence-corrected chi connectivity index (χ3v) is 6.23. The predicted molar refractivity (Wildman–Crippen MR) is 109 cm³/mol. The Kier molecular flexibility index (Phi) is 6.98. The van der Waals surface area contributed by atoms with Crippen LogP contribution in [-0.2, 0) is 20.4 Å². The second-order valence-electron chi connectivity index (χ2n) is 6.99. The molecule has 0 bridgehead atoms. The van der Waals surface area contributed by atoms with Crippen LogP contribution in [0.4, 0.5) is 0 Å². The van der Waals surface area contributed by atoms with E-state index in [0.29, 0.717) is 37.2 Å². The van der Waals surface area contributed by atoms with Crippen LogP contribution in [0.2, 0.25) is 0 Å². The van der Waals surface area contributed by atoms with E-state index in [9.17, 15) is 14.1 Å². The van der Waals surface area contributed by atoms with Crippen molar-refractivity contribution in [2.24, 2.45) is 5.16 Å². The minimum Gasteiger partial charge on any atom is -0.511 e. The van der Waals surface area contributed by atoms with Crippen molar-refractivity contribution in [2.75, 3.05) is 12.9 Å². The molecule has 0 aliphatic heterocycles. The summed E-state index contributed by atoms with van der Waals surface area (Å²) in [6.07, 6.45) is 2.85. The van der Waals surface area contributed by atoms with Gasteiger partial charge in [-0.1, -0.05) is 18.1 Å². The number of aliphatic hydroxyl groups excluding tert-OH is 1. The molecule has 6 heteroatoms. The van der Waals surface area contributed by atoms with E-state index in [-0.39, 0.29) is 17.5 Å². The van der Waals surface area contributed by atoms with Crippen molar-refractivity contribution in [3.05, 3.63) is 39.7 Å². The van der Waals surface area contributed by atoms with E-state index >= 15 is 0 Å². The lowest BCUT2D eigenvalue weighted by atomic mass is 9.78. The number of aryl methyl sites for hydroxylation is 2. The molecule has 0 heterocycles. The largest absolute Gasteiger partial charge is 0.511 e. The Labute approximate surface area is 164 Å². The summed E-state index contributed by atoms with van der Waals surface area (Å²) >= 11 is 0. The van der Waals surface area contributed by atoms with Gasteiger partial charge < -0.3 is 9.94 Å². The van der Waals surface area contributed by atoms with Gasteiger partial charge in [0.25, 0.3) is 0 Å². The predicted octanol–water partition coefficient (Wildman–Crippen LogP) is 4.41. The molecule has 1 aromatic carbocycles. The number of ketones is 1. The minimum atomic E-state index is -1.11. The number of nitrogens with zero attached hydrogens (tertiary/aromatic N) is 1. The Bertz CT molecular complexity index is 839. The van der Waals surface area contributed by atoms with Crippen LogP contribution in [-0.4, -0.2) is 33.7 Å². The van der Waals surface area contributed by atoms with Gasteiger partial charge in [-0.15, -0.1) is 0 Å². The first kappa shape index (κ1) is 21.4. The summed E-state index contributed by atoms with van der Waals surface area (Å²) in [6, 6.07) is 2.02. The van der Waals surface area contributed by atoms with E-state index in [1.54, 1.807) is 6.26 Å². The smallest absolute Gasteiger partial charge is 0.168 e. The van der Waals surface area contributed by atoms with Gasteiger partial charge in [-0.05, 0) is 62.3 Å². The summed E-state index contributed by atoms with van der Waals surface area (Å²) in [6.45, 7) is 10.0. The van der Waals surface area contributed by atoms with E-state index in [0.717, 1.165) is 27.1 Å². The minimum absolute atomic E-state index is 0.0649. The second-order valence-corrected chi connectivity index (χ2v) is 8.31. The van der Waals surface area contributed by atoms with E-state index < -0.39 is 10.8 Å². The molecular weight excluding hydrogens is 362 g/mol. The maximum Gasteiger partial charge on any atom is 0.168 e. The number of aliphatic hydroxyl groups is 1. The zero-order valence-corrected chi connectivity index (χ0v) is 17.8. The average molecular weight is 392 g/mol. The molecule has 0 saturated carbocycles. The Balaban J connectivity index is 2.50. The molecule has 0 amide bonds. The molecule has 0 saturated heterocycles.